The molecule has 0 aromatic heterocycles. The molecule has 0 aliphatic rings. The molecule has 3 N–H and O–H groups in total. The number of aliphatic hydroxyl groups is 1. The summed E-state index contributed by atoms with van der Waals surface area (Å²) in [5.74, 6) is -0.416. The van der Waals surface area contributed by atoms with Crippen molar-refractivity contribution in [1.82, 2.24) is 4.90 Å². The lowest BCUT2D eigenvalue weighted by molar-refractivity contribution is -0.134. The Labute approximate surface area is 215 Å². The van der Waals surface area contributed by atoms with E-state index in [1.807, 2.05) is 54.6 Å². The number of hydrogen-bond acceptors (Lipinski definition) is 5. The van der Waals surface area contributed by atoms with Gasteiger partial charge in [-0.05, 0) is 54.5 Å². The minimum Gasteiger partial charge on any atom is -0.497 e. The highest BCUT2D eigenvalue weighted by atomic mass is 16.5. The van der Waals surface area contributed by atoms with E-state index in [1.165, 1.54) is 0 Å². The smallest absolute Gasteiger partial charge is 0.328 e. The molecule has 2 aromatic carbocycles. The van der Waals surface area contributed by atoms with Crippen LogP contribution < -0.4 is 4.74 Å². The summed E-state index contributed by atoms with van der Waals surface area (Å²) in [6.45, 7) is 12.3. The monoisotopic (exact) mass is 499 g/mol. The topological polar surface area (TPSA) is 107 Å². The number of methoxy groups -OCH3 is 1. The predicted octanol–water partition coefficient (Wildman–Crippen LogP) is 5.04. The molecule has 0 saturated carbocycles. The van der Waals surface area contributed by atoms with Gasteiger partial charge in [-0.15, -0.1) is 0 Å². The average molecular weight is 500 g/mol. The number of aliphatic carboxylic acids is 2. The molecule has 7 nitrogen and oxygen atoms in total. The third-order valence-corrected chi connectivity index (χ3v) is 5.45. The Balaban J connectivity index is 0.000000697. The van der Waals surface area contributed by atoms with Crippen LogP contribution in [0.15, 0.2) is 66.7 Å². The maximum Gasteiger partial charge on any atom is 0.328 e. The molecule has 2 rings (SSSR count). The van der Waals surface area contributed by atoms with E-state index >= 15 is 0 Å². The first-order chi connectivity index (χ1) is 17.0. The van der Waals surface area contributed by atoms with Gasteiger partial charge in [0.15, 0.2) is 0 Å². The Kier molecular flexibility index (Phi) is 13.5. The van der Waals surface area contributed by atoms with Gasteiger partial charge in [-0.25, -0.2) is 9.59 Å². The third-order valence-electron chi connectivity index (χ3n) is 5.45. The summed E-state index contributed by atoms with van der Waals surface area (Å²) in [7, 11) is 1.66. The molecule has 0 radical (unpaired) electrons. The summed E-state index contributed by atoms with van der Waals surface area (Å²) >= 11 is 0. The molecule has 198 valence electrons. The summed E-state index contributed by atoms with van der Waals surface area (Å²) < 4.78 is 5.29. The number of carboxylic acids is 2. The van der Waals surface area contributed by atoms with Gasteiger partial charge >= 0.3 is 11.9 Å². The molecule has 0 aliphatic carbocycles. The van der Waals surface area contributed by atoms with Gasteiger partial charge in [-0.2, -0.15) is 0 Å². The van der Waals surface area contributed by atoms with E-state index in [0.717, 1.165) is 42.9 Å². The Bertz CT molecular complexity index is 914. The number of hydrogen-bond donors (Lipinski definition) is 3. The molecule has 0 amide bonds. The first-order valence-electron chi connectivity index (χ1n) is 12.3. The number of carboxylic acid groups (broad SMARTS) is 2. The van der Waals surface area contributed by atoms with Gasteiger partial charge < -0.3 is 25.0 Å². The van der Waals surface area contributed by atoms with E-state index < -0.39 is 17.5 Å². The lowest BCUT2D eigenvalue weighted by Gasteiger charge is -2.32. The fourth-order valence-electron chi connectivity index (χ4n) is 4.03. The molecule has 0 fully saturated rings. The lowest BCUT2D eigenvalue weighted by atomic mass is 9.82. The maximum atomic E-state index is 11.7. The van der Waals surface area contributed by atoms with E-state index in [0.29, 0.717) is 30.4 Å². The first kappa shape index (κ1) is 30.9. The van der Waals surface area contributed by atoms with Crippen molar-refractivity contribution in [3.63, 3.8) is 0 Å². The normalized spacial score (nSPS) is 12.9. The largest absolute Gasteiger partial charge is 0.497 e. The molecule has 0 heterocycles. The molecule has 0 saturated heterocycles. The van der Waals surface area contributed by atoms with Crippen LogP contribution in [0.2, 0.25) is 0 Å². The maximum absolute atomic E-state index is 11.7. The molecular weight excluding hydrogens is 458 g/mol. The molecule has 7 heteroatoms. The van der Waals surface area contributed by atoms with E-state index in [-0.39, 0.29) is 0 Å². The molecule has 0 aliphatic heterocycles. The van der Waals surface area contributed by atoms with Gasteiger partial charge in [0, 0.05) is 25.2 Å². The van der Waals surface area contributed by atoms with Gasteiger partial charge in [0.05, 0.1) is 7.11 Å². The van der Waals surface area contributed by atoms with E-state index in [4.69, 9.17) is 14.9 Å². The number of nitrogens with zero attached hydrogens (tertiary/aromatic N) is 1. The van der Waals surface area contributed by atoms with Crippen LogP contribution in [0, 0.1) is 11.8 Å². The zero-order valence-corrected chi connectivity index (χ0v) is 22.1. The third kappa shape index (κ3) is 11.5. The van der Waals surface area contributed by atoms with Crippen LogP contribution in [0.1, 0.15) is 51.7 Å². The van der Waals surface area contributed by atoms with E-state index in [2.05, 4.69) is 32.6 Å². The van der Waals surface area contributed by atoms with Crippen molar-refractivity contribution in [2.45, 2.75) is 46.1 Å². The van der Waals surface area contributed by atoms with Crippen molar-refractivity contribution in [2.75, 3.05) is 26.7 Å². The number of benzene rings is 2. The van der Waals surface area contributed by atoms with Crippen LogP contribution in [-0.2, 0) is 15.2 Å². The molecule has 1 unspecified atom stereocenters. The summed E-state index contributed by atoms with van der Waals surface area (Å²) in [6.07, 6.45) is 2.75. The fraction of sp³-hybridized carbons (Fsp3) is 0.448. The van der Waals surface area contributed by atoms with Crippen molar-refractivity contribution in [3.05, 3.63) is 77.9 Å². The molecule has 0 spiro atoms. The minimum atomic E-state index is -1.26. The van der Waals surface area contributed by atoms with Crippen molar-refractivity contribution in [3.8, 4) is 5.75 Å². The van der Waals surface area contributed by atoms with Crippen LogP contribution >= 0.6 is 0 Å². The molecular formula is C29H41NO6. The van der Waals surface area contributed by atoms with E-state index in [1.54, 1.807) is 7.11 Å². The van der Waals surface area contributed by atoms with Crippen molar-refractivity contribution in [1.29, 1.82) is 0 Å². The van der Waals surface area contributed by atoms with Crippen molar-refractivity contribution < 1.29 is 29.6 Å². The summed E-state index contributed by atoms with van der Waals surface area (Å²) in [5.41, 5.74) is 0.868. The van der Waals surface area contributed by atoms with Gasteiger partial charge in [-0.3, -0.25) is 0 Å². The number of rotatable bonds is 13. The van der Waals surface area contributed by atoms with Gasteiger partial charge in [0.1, 0.15) is 11.4 Å². The first-order valence-corrected chi connectivity index (χ1v) is 12.3. The average Bonchev–Trinajstić information content (AvgIpc) is 2.83. The molecule has 1 atom stereocenters. The van der Waals surface area contributed by atoms with Crippen LogP contribution in [0.3, 0.4) is 0 Å². The Morgan fingerprint density at radius 3 is 1.75 bits per heavy atom. The second-order valence-electron chi connectivity index (χ2n) is 9.62. The highest BCUT2D eigenvalue weighted by Gasteiger charge is 2.31. The van der Waals surface area contributed by atoms with Gasteiger partial charge in [0.25, 0.3) is 0 Å². The predicted molar refractivity (Wildman–Crippen MR) is 142 cm³/mol. The van der Waals surface area contributed by atoms with Crippen molar-refractivity contribution in [2.24, 2.45) is 11.8 Å². The highest BCUT2D eigenvalue weighted by molar-refractivity contribution is 5.89. The zero-order valence-electron chi connectivity index (χ0n) is 22.1. The van der Waals surface area contributed by atoms with Crippen LogP contribution in [0.5, 0.6) is 5.75 Å². The summed E-state index contributed by atoms with van der Waals surface area (Å²) in [4.78, 5) is 21.6. The highest BCUT2D eigenvalue weighted by Crippen LogP contribution is 2.35. The Hall–Kier alpha value is -3.16. The molecule has 2 aromatic rings. The molecule has 0 bridgehead atoms. The molecule has 36 heavy (non-hydrogen) atoms. The van der Waals surface area contributed by atoms with Crippen molar-refractivity contribution >= 4 is 11.9 Å². The van der Waals surface area contributed by atoms with Crippen LogP contribution in [0.4, 0.5) is 0 Å². The van der Waals surface area contributed by atoms with Crippen LogP contribution in [0.25, 0.3) is 0 Å². The number of ether oxygens (including phenoxy) is 1. The summed E-state index contributed by atoms with van der Waals surface area (Å²) in [5, 5.41) is 27.4. The van der Waals surface area contributed by atoms with E-state index in [9.17, 15) is 14.7 Å². The van der Waals surface area contributed by atoms with Gasteiger partial charge in [-0.1, -0.05) is 70.2 Å². The Morgan fingerprint density at radius 2 is 1.33 bits per heavy atom. The Morgan fingerprint density at radius 1 is 0.861 bits per heavy atom. The second kappa shape index (κ2) is 15.8. The second-order valence-corrected chi connectivity index (χ2v) is 9.62. The fourth-order valence-corrected chi connectivity index (χ4v) is 4.03. The van der Waals surface area contributed by atoms with Gasteiger partial charge in [0.2, 0.25) is 0 Å². The van der Waals surface area contributed by atoms with Crippen LogP contribution in [-0.4, -0.2) is 58.9 Å². The quantitative estimate of drug-likeness (QED) is 0.332. The minimum absolute atomic E-state index is 0.558. The summed E-state index contributed by atoms with van der Waals surface area (Å²) in [6, 6.07) is 17.8. The lowest BCUT2D eigenvalue weighted by Crippen LogP contribution is -2.34. The zero-order chi connectivity index (χ0) is 27.1. The SMILES string of the molecule is COc1ccc(C(O)(CCCN(CC(C)C)CC(C)C)c2ccccc2)cc1.O=C(O)C=CC(=O)O. The standard InChI is InChI=1S/C25H37NO2.C4H4O4/c1-20(2)18-26(19-21(3)4)17-9-16-25(27,22-10-7-6-8-11-22)23-12-14-24(28-5)15-13-23;5-3(6)1-2-4(7)8/h6-8,10-15,20-21,27H,9,16-19H2,1-5H3;1-2H,(H,5,6)(H,7,8). The number of carbonyl (C=O) groups is 2.